The lowest BCUT2D eigenvalue weighted by molar-refractivity contribution is 0.112. The summed E-state index contributed by atoms with van der Waals surface area (Å²) >= 11 is 0. The number of hydrogen-bond donors (Lipinski definition) is 0. The summed E-state index contributed by atoms with van der Waals surface area (Å²) in [6.07, 6.45) is 1.87. The Morgan fingerprint density at radius 1 is 1.21 bits per heavy atom. The fourth-order valence-electron chi connectivity index (χ4n) is 2.32. The molecule has 0 radical (unpaired) electrons. The van der Waals surface area contributed by atoms with Gasteiger partial charge in [-0.3, -0.25) is 4.79 Å². The predicted molar refractivity (Wildman–Crippen MR) is 76.0 cm³/mol. The van der Waals surface area contributed by atoms with Crippen molar-refractivity contribution < 1.29 is 9.53 Å². The van der Waals surface area contributed by atoms with Gasteiger partial charge in [-0.25, -0.2) is 0 Å². The second-order valence-electron chi connectivity index (χ2n) is 4.69. The normalized spacial score (nSPS) is 10.5. The van der Waals surface area contributed by atoms with Gasteiger partial charge in [0, 0.05) is 23.5 Å². The Morgan fingerprint density at radius 2 is 1.89 bits per heavy atom. The Hall–Kier alpha value is -2.03. The SMILES string of the molecule is COc1ccc(CCn2c(C)cc(C=O)c2C)cc1. The highest BCUT2D eigenvalue weighted by Gasteiger charge is 2.07. The van der Waals surface area contributed by atoms with Gasteiger partial charge < -0.3 is 9.30 Å². The zero-order valence-corrected chi connectivity index (χ0v) is 11.6. The molecule has 0 spiro atoms. The first kappa shape index (κ1) is 13.4. The van der Waals surface area contributed by atoms with Crippen LogP contribution in [0.5, 0.6) is 5.75 Å². The van der Waals surface area contributed by atoms with Crippen LogP contribution in [0.2, 0.25) is 0 Å². The molecule has 1 aromatic carbocycles. The van der Waals surface area contributed by atoms with Crippen molar-refractivity contribution in [2.45, 2.75) is 26.8 Å². The third-order valence-corrected chi connectivity index (χ3v) is 3.52. The number of aldehydes is 1. The molecule has 0 N–H and O–H groups in total. The van der Waals surface area contributed by atoms with Gasteiger partial charge in [0.15, 0.2) is 6.29 Å². The van der Waals surface area contributed by atoms with Crippen LogP contribution in [0.4, 0.5) is 0 Å². The van der Waals surface area contributed by atoms with Crippen LogP contribution in [0.15, 0.2) is 30.3 Å². The predicted octanol–water partition coefficient (Wildman–Crippen LogP) is 3.17. The van der Waals surface area contributed by atoms with Gasteiger partial charge in [-0.2, -0.15) is 0 Å². The molecule has 3 heteroatoms. The molecular weight excluding hydrogens is 238 g/mol. The highest BCUT2D eigenvalue weighted by atomic mass is 16.5. The van der Waals surface area contributed by atoms with Crippen LogP contribution in [0.25, 0.3) is 0 Å². The summed E-state index contributed by atoms with van der Waals surface area (Å²) in [5.74, 6) is 0.875. The van der Waals surface area contributed by atoms with Crippen LogP contribution in [0.1, 0.15) is 27.3 Å². The Bertz CT molecular complexity index is 567. The van der Waals surface area contributed by atoms with Gasteiger partial charge in [0.2, 0.25) is 0 Å². The molecule has 0 fully saturated rings. The first-order chi connectivity index (χ1) is 9.15. The largest absolute Gasteiger partial charge is 0.497 e. The van der Waals surface area contributed by atoms with Crippen molar-refractivity contribution in [2.75, 3.05) is 7.11 Å². The average molecular weight is 257 g/mol. The molecule has 0 aliphatic rings. The van der Waals surface area contributed by atoms with E-state index in [0.717, 1.165) is 42.0 Å². The van der Waals surface area contributed by atoms with E-state index in [0.29, 0.717) is 0 Å². The Labute approximate surface area is 113 Å². The molecule has 1 aromatic heterocycles. The highest BCUT2D eigenvalue weighted by Crippen LogP contribution is 2.16. The molecule has 3 nitrogen and oxygen atoms in total. The van der Waals surface area contributed by atoms with Gasteiger partial charge in [-0.05, 0) is 44.0 Å². The molecule has 2 rings (SSSR count). The minimum atomic E-state index is 0.784. The van der Waals surface area contributed by atoms with Gasteiger partial charge in [0.25, 0.3) is 0 Å². The van der Waals surface area contributed by atoms with Crippen molar-refractivity contribution in [1.82, 2.24) is 4.57 Å². The molecule has 2 aromatic rings. The molecule has 0 aliphatic heterocycles. The summed E-state index contributed by atoms with van der Waals surface area (Å²) < 4.78 is 7.33. The second-order valence-corrected chi connectivity index (χ2v) is 4.69. The number of aryl methyl sites for hydroxylation is 2. The topological polar surface area (TPSA) is 31.2 Å². The molecule has 0 atom stereocenters. The van der Waals surface area contributed by atoms with E-state index >= 15 is 0 Å². The van der Waals surface area contributed by atoms with E-state index in [1.54, 1.807) is 7.11 Å². The summed E-state index contributed by atoms with van der Waals surface area (Å²) in [6.45, 7) is 4.91. The number of aromatic nitrogens is 1. The number of benzene rings is 1. The number of rotatable bonds is 5. The molecule has 0 saturated heterocycles. The fraction of sp³-hybridized carbons (Fsp3) is 0.312. The molecule has 0 saturated carbocycles. The van der Waals surface area contributed by atoms with Gasteiger partial charge in [0.1, 0.15) is 5.75 Å². The van der Waals surface area contributed by atoms with E-state index in [4.69, 9.17) is 4.74 Å². The smallest absolute Gasteiger partial charge is 0.151 e. The van der Waals surface area contributed by atoms with Gasteiger partial charge in [-0.1, -0.05) is 12.1 Å². The Morgan fingerprint density at radius 3 is 2.42 bits per heavy atom. The lowest BCUT2D eigenvalue weighted by Gasteiger charge is -2.10. The van der Waals surface area contributed by atoms with E-state index in [9.17, 15) is 4.79 Å². The van der Waals surface area contributed by atoms with Crippen molar-refractivity contribution in [1.29, 1.82) is 0 Å². The first-order valence-corrected chi connectivity index (χ1v) is 6.40. The van der Waals surface area contributed by atoms with E-state index in [2.05, 4.69) is 16.7 Å². The van der Waals surface area contributed by atoms with Crippen LogP contribution >= 0.6 is 0 Å². The number of carbonyl (C=O) groups is 1. The maximum Gasteiger partial charge on any atom is 0.151 e. The standard InChI is InChI=1S/C16H19NO2/c1-12-10-15(11-18)13(2)17(12)9-8-14-4-6-16(19-3)7-5-14/h4-7,10-11H,8-9H2,1-3H3. The summed E-state index contributed by atoms with van der Waals surface area (Å²) in [4.78, 5) is 10.9. The minimum Gasteiger partial charge on any atom is -0.497 e. The molecule has 0 aliphatic carbocycles. The lowest BCUT2D eigenvalue weighted by atomic mass is 10.1. The highest BCUT2D eigenvalue weighted by molar-refractivity contribution is 5.77. The third kappa shape index (κ3) is 2.87. The van der Waals surface area contributed by atoms with Crippen LogP contribution in [-0.2, 0) is 13.0 Å². The quantitative estimate of drug-likeness (QED) is 0.770. The number of ether oxygens (including phenoxy) is 1. The molecule has 100 valence electrons. The number of hydrogen-bond acceptors (Lipinski definition) is 2. The molecule has 19 heavy (non-hydrogen) atoms. The van der Waals surface area contributed by atoms with Crippen LogP contribution in [0, 0.1) is 13.8 Å². The molecule has 1 heterocycles. The van der Waals surface area contributed by atoms with Crippen LogP contribution < -0.4 is 4.74 Å². The van der Waals surface area contributed by atoms with Crippen molar-refractivity contribution in [2.24, 2.45) is 0 Å². The van der Waals surface area contributed by atoms with Gasteiger partial charge >= 0.3 is 0 Å². The van der Waals surface area contributed by atoms with E-state index in [-0.39, 0.29) is 0 Å². The van der Waals surface area contributed by atoms with Crippen LogP contribution in [-0.4, -0.2) is 18.0 Å². The van der Waals surface area contributed by atoms with E-state index in [1.807, 2.05) is 32.0 Å². The lowest BCUT2D eigenvalue weighted by Crippen LogP contribution is -2.05. The van der Waals surface area contributed by atoms with Gasteiger partial charge in [-0.15, -0.1) is 0 Å². The number of carbonyl (C=O) groups excluding carboxylic acids is 1. The molecular formula is C16H19NO2. The fourth-order valence-corrected chi connectivity index (χ4v) is 2.32. The maximum absolute atomic E-state index is 10.9. The minimum absolute atomic E-state index is 0.784. The van der Waals surface area contributed by atoms with Crippen molar-refractivity contribution >= 4 is 6.29 Å². The van der Waals surface area contributed by atoms with Gasteiger partial charge in [0.05, 0.1) is 7.11 Å². The monoisotopic (exact) mass is 257 g/mol. The summed E-state index contributed by atoms with van der Waals surface area (Å²) in [6, 6.07) is 10.0. The third-order valence-electron chi connectivity index (χ3n) is 3.52. The molecule has 0 unspecified atom stereocenters. The van der Waals surface area contributed by atoms with Crippen LogP contribution in [0.3, 0.4) is 0 Å². The van der Waals surface area contributed by atoms with E-state index in [1.165, 1.54) is 5.56 Å². The van der Waals surface area contributed by atoms with Crippen molar-refractivity contribution in [3.63, 3.8) is 0 Å². The zero-order valence-electron chi connectivity index (χ0n) is 11.6. The van der Waals surface area contributed by atoms with E-state index < -0.39 is 0 Å². The summed E-state index contributed by atoms with van der Waals surface area (Å²) in [5, 5.41) is 0. The first-order valence-electron chi connectivity index (χ1n) is 6.40. The summed E-state index contributed by atoms with van der Waals surface area (Å²) in [5.41, 5.74) is 4.22. The number of nitrogens with zero attached hydrogens (tertiary/aromatic N) is 1. The zero-order chi connectivity index (χ0) is 13.8. The van der Waals surface area contributed by atoms with Crippen molar-refractivity contribution in [3.05, 3.63) is 52.8 Å². The molecule has 0 amide bonds. The van der Waals surface area contributed by atoms with Crippen molar-refractivity contribution in [3.8, 4) is 5.75 Å². The number of methoxy groups -OCH3 is 1. The Kier molecular flexibility index (Phi) is 4.05. The Balaban J connectivity index is 2.09. The summed E-state index contributed by atoms with van der Waals surface area (Å²) in [7, 11) is 1.67. The molecule has 0 bridgehead atoms. The average Bonchev–Trinajstić information content (AvgIpc) is 2.72. The second kappa shape index (κ2) is 5.74. The maximum atomic E-state index is 10.9.